The molecule has 3 aromatic rings. The maximum absolute atomic E-state index is 13.9. The summed E-state index contributed by atoms with van der Waals surface area (Å²) in [6, 6.07) is 30.3. The van der Waals surface area contributed by atoms with Gasteiger partial charge in [-0.05, 0) is 29.5 Å². The Morgan fingerprint density at radius 1 is 0.825 bits per heavy atom. The highest BCUT2D eigenvalue weighted by atomic mass is 16.5. The van der Waals surface area contributed by atoms with E-state index in [1.54, 1.807) is 0 Å². The first kappa shape index (κ1) is 29.7. The largest absolute Gasteiger partial charge is 0.469 e. The molecule has 5 nitrogen and oxygen atoms in total. The lowest BCUT2D eigenvalue weighted by molar-refractivity contribution is -0.172. The predicted octanol–water partition coefficient (Wildman–Crippen LogP) is 7.12. The second-order valence-corrected chi connectivity index (χ2v) is 10.6. The average molecular weight is 543 g/mol. The van der Waals surface area contributed by atoms with E-state index in [2.05, 4.69) is 43.3 Å². The van der Waals surface area contributed by atoms with Crippen LogP contribution in [-0.2, 0) is 29.4 Å². The predicted molar refractivity (Wildman–Crippen MR) is 157 cm³/mol. The number of esters is 1. The maximum atomic E-state index is 13.9. The van der Waals surface area contributed by atoms with Gasteiger partial charge in [0.05, 0.1) is 31.7 Å². The van der Waals surface area contributed by atoms with Gasteiger partial charge >= 0.3 is 5.97 Å². The molecule has 0 aromatic heterocycles. The van der Waals surface area contributed by atoms with Crippen LogP contribution in [0.2, 0.25) is 0 Å². The lowest BCUT2D eigenvalue weighted by Gasteiger charge is -2.40. The Morgan fingerprint density at radius 2 is 1.32 bits per heavy atom. The zero-order chi connectivity index (χ0) is 28.2. The molecule has 0 bridgehead atoms. The van der Waals surface area contributed by atoms with Crippen LogP contribution < -0.4 is 0 Å². The number of hydrogen-bond acceptors (Lipinski definition) is 5. The fraction of sp³-hybridized carbons (Fsp3) is 0.429. The van der Waals surface area contributed by atoms with Crippen LogP contribution in [0.25, 0.3) is 0 Å². The second kappa shape index (κ2) is 14.9. The molecule has 4 rings (SSSR count). The number of methoxy groups -OCH3 is 1. The quantitative estimate of drug-likeness (QED) is 0.110. The van der Waals surface area contributed by atoms with Gasteiger partial charge < -0.3 is 14.2 Å². The first-order valence-electron chi connectivity index (χ1n) is 14.6. The molecule has 0 saturated carbocycles. The molecule has 1 fully saturated rings. The van der Waals surface area contributed by atoms with Crippen molar-refractivity contribution >= 4 is 11.8 Å². The van der Waals surface area contributed by atoms with E-state index in [-0.39, 0.29) is 18.5 Å². The monoisotopic (exact) mass is 542 g/mol. The van der Waals surface area contributed by atoms with Crippen LogP contribution in [0, 0.1) is 11.8 Å². The summed E-state index contributed by atoms with van der Waals surface area (Å²) in [7, 11) is 1.38. The Bertz CT molecular complexity index is 1080. The minimum atomic E-state index is -0.982. The summed E-state index contributed by atoms with van der Waals surface area (Å²) in [5, 5.41) is 0. The van der Waals surface area contributed by atoms with Gasteiger partial charge in [-0.1, -0.05) is 124 Å². The van der Waals surface area contributed by atoms with Crippen molar-refractivity contribution in [3.8, 4) is 0 Å². The number of carbonyl (C=O) groups is 2. The van der Waals surface area contributed by atoms with Crippen LogP contribution in [0.15, 0.2) is 91.0 Å². The Labute approximate surface area is 238 Å². The van der Waals surface area contributed by atoms with Crippen molar-refractivity contribution in [1.29, 1.82) is 0 Å². The molecule has 0 spiro atoms. The van der Waals surface area contributed by atoms with E-state index >= 15 is 0 Å². The van der Waals surface area contributed by atoms with Crippen molar-refractivity contribution in [3.05, 3.63) is 108 Å². The van der Waals surface area contributed by atoms with Crippen LogP contribution in [0.1, 0.15) is 68.6 Å². The first-order chi connectivity index (χ1) is 19.6. The van der Waals surface area contributed by atoms with Crippen LogP contribution in [-0.4, -0.2) is 38.2 Å². The van der Waals surface area contributed by atoms with E-state index in [1.165, 1.54) is 7.11 Å². The second-order valence-electron chi connectivity index (χ2n) is 10.6. The summed E-state index contributed by atoms with van der Waals surface area (Å²) in [5.41, 5.74) is 1.87. The summed E-state index contributed by atoms with van der Waals surface area (Å²) >= 11 is 0. The Hall–Kier alpha value is -3.28. The van der Waals surface area contributed by atoms with E-state index in [0.29, 0.717) is 13.0 Å². The number of benzene rings is 3. The molecule has 1 saturated heterocycles. The summed E-state index contributed by atoms with van der Waals surface area (Å²) in [6.07, 6.45) is 6.01. The molecule has 1 heterocycles. The van der Waals surface area contributed by atoms with E-state index < -0.39 is 23.4 Å². The van der Waals surface area contributed by atoms with Crippen molar-refractivity contribution in [2.24, 2.45) is 11.8 Å². The molecule has 212 valence electrons. The van der Waals surface area contributed by atoms with Crippen molar-refractivity contribution in [1.82, 2.24) is 0 Å². The van der Waals surface area contributed by atoms with Gasteiger partial charge in [-0.15, -0.1) is 0 Å². The zero-order valence-corrected chi connectivity index (χ0v) is 23.8. The van der Waals surface area contributed by atoms with Crippen LogP contribution >= 0.6 is 0 Å². The number of ether oxygens (including phenoxy) is 3. The van der Waals surface area contributed by atoms with Gasteiger partial charge in [0.2, 0.25) is 0 Å². The molecule has 0 aliphatic carbocycles. The Kier molecular flexibility index (Phi) is 11.1. The van der Waals surface area contributed by atoms with E-state index in [0.717, 1.165) is 55.2 Å². The molecule has 3 atom stereocenters. The summed E-state index contributed by atoms with van der Waals surface area (Å²) < 4.78 is 18.0. The number of Topliss-reactive ketones (excluding diaryl/α,β-unsaturated/α-hetero) is 1. The number of carbonyl (C=O) groups excluding carboxylic acids is 2. The van der Waals surface area contributed by atoms with Gasteiger partial charge in [0.1, 0.15) is 11.4 Å². The molecule has 40 heavy (non-hydrogen) atoms. The third-order valence-electron chi connectivity index (χ3n) is 8.00. The average Bonchev–Trinajstić information content (AvgIpc) is 2.98. The maximum Gasteiger partial charge on any atom is 0.312 e. The lowest BCUT2D eigenvalue weighted by atomic mass is 9.78. The highest BCUT2D eigenvalue weighted by Gasteiger charge is 2.46. The lowest BCUT2D eigenvalue weighted by Crippen LogP contribution is -2.48. The fourth-order valence-corrected chi connectivity index (χ4v) is 5.72. The van der Waals surface area contributed by atoms with Crippen LogP contribution in [0.3, 0.4) is 0 Å². The van der Waals surface area contributed by atoms with E-state index in [1.807, 2.05) is 54.6 Å². The molecule has 3 unspecified atom stereocenters. The number of ketones is 1. The van der Waals surface area contributed by atoms with Crippen molar-refractivity contribution in [2.75, 3.05) is 20.3 Å². The molecule has 1 aliphatic heterocycles. The molecule has 1 aliphatic rings. The summed E-state index contributed by atoms with van der Waals surface area (Å²) in [6.45, 7) is 2.82. The van der Waals surface area contributed by atoms with Crippen LogP contribution in [0.5, 0.6) is 0 Å². The van der Waals surface area contributed by atoms with Gasteiger partial charge in [0, 0.05) is 13.0 Å². The number of hydrogen-bond donors (Lipinski definition) is 0. The molecular weight excluding hydrogens is 500 g/mol. The van der Waals surface area contributed by atoms with Crippen molar-refractivity contribution in [2.45, 2.75) is 63.6 Å². The third-order valence-corrected chi connectivity index (χ3v) is 8.00. The molecule has 0 radical (unpaired) electrons. The minimum Gasteiger partial charge on any atom is -0.469 e. The molecule has 3 aromatic carbocycles. The molecule has 5 heteroatoms. The van der Waals surface area contributed by atoms with Gasteiger partial charge in [-0.2, -0.15) is 0 Å². The Morgan fingerprint density at radius 3 is 1.75 bits per heavy atom. The number of unbranched alkanes of at least 4 members (excludes halogenated alkanes) is 4. The SMILES string of the molecule is CCCCCCCC(=O)C(COC(c1ccccc1)(c1ccccc1)c1ccccc1)C(C(=O)OC)C1CCO1. The summed E-state index contributed by atoms with van der Waals surface area (Å²) in [5.74, 6) is -1.77. The molecule has 0 amide bonds. The van der Waals surface area contributed by atoms with Crippen molar-refractivity contribution in [3.63, 3.8) is 0 Å². The summed E-state index contributed by atoms with van der Waals surface area (Å²) in [4.78, 5) is 27.0. The van der Waals surface area contributed by atoms with Crippen LogP contribution in [0.4, 0.5) is 0 Å². The first-order valence-corrected chi connectivity index (χ1v) is 14.6. The third kappa shape index (κ3) is 6.89. The number of rotatable bonds is 16. The van der Waals surface area contributed by atoms with E-state index in [9.17, 15) is 9.59 Å². The van der Waals surface area contributed by atoms with Gasteiger partial charge in [0.25, 0.3) is 0 Å². The highest BCUT2D eigenvalue weighted by Crippen LogP contribution is 2.42. The minimum absolute atomic E-state index is 0.0329. The smallest absolute Gasteiger partial charge is 0.312 e. The van der Waals surface area contributed by atoms with Gasteiger partial charge in [-0.3, -0.25) is 9.59 Å². The fourth-order valence-electron chi connectivity index (χ4n) is 5.72. The standard InChI is InChI=1S/C35H42O5/c1-3-4-5-6-16-23-31(36)30(33(34(37)38-2)32-24-25-39-32)26-40-35(27-17-10-7-11-18-27,28-19-12-8-13-20-28)29-21-14-9-15-22-29/h7-15,17-22,30,32-33H,3-6,16,23-26H2,1-2H3. The van der Waals surface area contributed by atoms with Gasteiger partial charge in [0.15, 0.2) is 0 Å². The van der Waals surface area contributed by atoms with E-state index in [4.69, 9.17) is 14.2 Å². The molecule has 0 N–H and O–H groups in total. The normalized spacial score (nSPS) is 16.5. The topological polar surface area (TPSA) is 61.8 Å². The Balaban J connectivity index is 1.73. The van der Waals surface area contributed by atoms with Gasteiger partial charge in [-0.25, -0.2) is 0 Å². The highest BCUT2D eigenvalue weighted by molar-refractivity contribution is 5.87. The molecular formula is C35H42O5. The van der Waals surface area contributed by atoms with Crippen molar-refractivity contribution < 1.29 is 23.8 Å². The zero-order valence-electron chi connectivity index (χ0n) is 23.8.